The Labute approximate surface area is 142 Å². The first kappa shape index (κ1) is 16.7. The summed E-state index contributed by atoms with van der Waals surface area (Å²) in [6, 6.07) is 3.19. The molecular formula is C17H25N5O2. The van der Waals surface area contributed by atoms with E-state index in [1.54, 1.807) is 11.1 Å². The van der Waals surface area contributed by atoms with Gasteiger partial charge in [0, 0.05) is 25.8 Å². The molecule has 130 valence electrons. The van der Waals surface area contributed by atoms with Gasteiger partial charge in [0.1, 0.15) is 5.82 Å². The number of primary amides is 1. The number of anilines is 1. The number of nitrogens with zero attached hydrogens (tertiary/aromatic N) is 4. The molecule has 2 N–H and O–H groups in total. The number of amides is 3. The lowest BCUT2D eigenvalue weighted by atomic mass is 9.95. The van der Waals surface area contributed by atoms with Crippen LogP contribution < -0.4 is 10.6 Å². The second-order valence-electron chi connectivity index (χ2n) is 7.12. The van der Waals surface area contributed by atoms with Crippen molar-refractivity contribution in [1.82, 2.24) is 14.8 Å². The number of nitrogens with two attached hydrogens (primary N) is 1. The number of piperazine rings is 1. The van der Waals surface area contributed by atoms with Crippen LogP contribution in [-0.2, 0) is 11.2 Å². The van der Waals surface area contributed by atoms with E-state index in [0.29, 0.717) is 18.9 Å². The maximum Gasteiger partial charge on any atom is 0.320 e. The minimum atomic E-state index is -0.527. The Hall–Kier alpha value is -2.15. The molecule has 24 heavy (non-hydrogen) atoms. The van der Waals surface area contributed by atoms with Gasteiger partial charge in [-0.3, -0.25) is 14.6 Å². The third-order valence-corrected chi connectivity index (χ3v) is 5.35. The normalized spacial score (nSPS) is 24.0. The zero-order valence-corrected chi connectivity index (χ0v) is 14.5. The molecule has 7 nitrogen and oxygen atoms in total. The molecule has 7 heteroatoms. The number of carbonyl (C=O) groups excluding carboxylic acids is 2. The minimum absolute atomic E-state index is 0.0903. The lowest BCUT2D eigenvalue weighted by Crippen LogP contribution is -2.64. The van der Waals surface area contributed by atoms with Crippen molar-refractivity contribution in [3.8, 4) is 0 Å². The van der Waals surface area contributed by atoms with Crippen molar-refractivity contribution in [3.05, 3.63) is 23.9 Å². The largest absolute Gasteiger partial charge is 0.351 e. The highest BCUT2D eigenvalue weighted by Crippen LogP contribution is 2.30. The smallest absolute Gasteiger partial charge is 0.320 e. The molecule has 1 aromatic rings. The maximum atomic E-state index is 12.8. The molecule has 1 fully saturated rings. The minimum Gasteiger partial charge on any atom is -0.351 e. The Balaban J connectivity index is 1.82. The lowest BCUT2D eigenvalue weighted by Gasteiger charge is -2.46. The number of carbonyl (C=O) groups is 2. The van der Waals surface area contributed by atoms with Gasteiger partial charge >= 0.3 is 6.03 Å². The molecule has 2 aliphatic rings. The second-order valence-corrected chi connectivity index (χ2v) is 7.12. The van der Waals surface area contributed by atoms with Gasteiger partial charge in [-0.1, -0.05) is 6.07 Å². The summed E-state index contributed by atoms with van der Waals surface area (Å²) in [4.78, 5) is 34.6. The van der Waals surface area contributed by atoms with Gasteiger partial charge in [-0.25, -0.2) is 9.78 Å². The number of rotatable bonds is 2. The van der Waals surface area contributed by atoms with Crippen LogP contribution in [-0.4, -0.2) is 65.0 Å². The van der Waals surface area contributed by atoms with Crippen molar-refractivity contribution in [1.29, 1.82) is 0 Å². The van der Waals surface area contributed by atoms with Gasteiger partial charge < -0.3 is 10.6 Å². The van der Waals surface area contributed by atoms with Crippen LogP contribution in [0.5, 0.6) is 0 Å². The fourth-order valence-electron chi connectivity index (χ4n) is 3.55. The van der Waals surface area contributed by atoms with Gasteiger partial charge in [0.15, 0.2) is 0 Å². The number of aryl methyl sites for hydroxylation is 1. The molecule has 3 heterocycles. The highest BCUT2D eigenvalue weighted by molar-refractivity contribution is 5.92. The van der Waals surface area contributed by atoms with E-state index in [1.807, 2.05) is 37.9 Å². The van der Waals surface area contributed by atoms with E-state index < -0.39 is 11.6 Å². The molecule has 1 saturated heterocycles. The van der Waals surface area contributed by atoms with Gasteiger partial charge in [-0.15, -0.1) is 0 Å². The summed E-state index contributed by atoms with van der Waals surface area (Å²) in [5.41, 5.74) is 6.12. The van der Waals surface area contributed by atoms with E-state index in [1.165, 1.54) is 0 Å². The number of fused-ring (bicyclic) bond motifs is 1. The number of aromatic nitrogens is 1. The highest BCUT2D eigenvalue weighted by Gasteiger charge is 2.42. The topological polar surface area (TPSA) is 82.8 Å². The molecule has 0 radical (unpaired) electrons. The summed E-state index contributed by atoms with van der Waals surface area (Å²) >= 11 is 0. The molecule has 1 atom stereocenters. The van der Waals surface area contributed by atoms with Crippen LogP contribution in [0.15, 0.2) is 18.3 Å². The van der Waals surface area contributed by atoms with Crippen LogP contribution >= 0.6 is 0 Å². The average molecular weight is 331 g/mol. The average Bonchev–Trinajstić information content (AvgIpc) is 2.55. The fourth-order valence-corrected chi connectivity index (χ4v) is 3.55. The van der Waals surface area contributed by atoms with Crippen molar-refractivity contribution in [2.75, 3.05) is 31.6 Å². The molecule has 0 spiro atoms. The summed E-state index contributed by atoms with van der Waals surface area (Å²) in [5.74, 6) is 0.717. The van der Waals surface area contributed by atoms with Crippen molar-refractivity contribution in [2.45, 2.75) is 38.3 Å². The molecule has 2 aliphatic heterocycles. The molecule has 3 rings (SSSR count). The van der Waals surface area contributed by atoms with E-state index >= 15 is 0 Å². The molecule has 1 aromatic heterocycles. The Kier molecular flexibility index (Phi) is 4.21. The number of pyridine rings is 1. The molecule has 0 aromatic carbocycles. The van der Waals surface area contributed by atoms with E-state index in [4.69, 9.17) is 5.73 Å². The van der Waals surface area contributed by atoms with Gasteiger partial charge in [0.05, 0.1) is 11.6 Å². The predicted molar refractivity (Wildman–Crippen MR) is 91.7 cm³/mol. The highest BCUT2D eigenvalue weighted by atomic mass is 16.2. The molecule has 3 amide bonds. The quantitative estimate of drug-likeness (QED) is 0.870. The first-order valence-electron chi connectivity index (χ1n) is 8.35. The Morgan fingerprint density at radius 3 is 2.88 bits per heavy atom. The maximum absolute atomic E-state index is 12.8. The third-order valence-electron chi connectivity index (χ3n) is 5.35. The standard InChI is InChI=1S/C17H25N5O2/c1-17(2)15(23)21(10-9-20(17)3)11-13-7-6-12-5-4-8-19-14(12)22(13)16(18)24/h4-5,8,13H,6-7,9-11H2,1-3H3,(H2,18,24). The van der Waals surface area contributed by atoms with Crippen LogP contribution in [0.25, 0.3) is 0 Å². The van der Waals surface area contributed by atoms with Crippen LogP contribution in [0.1, 0.15) is 25.8 Å². The SMILES string of the molecule is CN1CCN(CC2CCc3cccnc3N2C(N)=O)C(=O)C1(C)C. The Bertz CT molecular complexity index is 660. The zero-order valence-electron chi connectivity index (χ0n) is 14.5. The second kappa shape index (κ2) is 6.05. The number of urea groups is 1. The van der Waals surface area contributed by atoms with Gasteiger partial charge in [-0.2, -0.15) is 0 Å². The monoisotopic (exact) mass is 331 g/mol. The van der Waals surface area contributed by atoms with Crippen LogP contribution in [0.4, 0.5) is 10.6 Å². The van der Waals surface area contributed by atoms with Crippen LogP contribution in [0.3, 0.4) is 0 Å². The molecule has 0 aliphatic carbocycles. The van der Waals surface area contributed by atoms with Gasteiger partial charge in [0.2, 0.25) is 5.91 Å². The van der Waals surface area contributed by atoms with E-state index in [9.17, 15) is 9.59 Å². The summed E-state index contributed by atoms with van der Waals surface area (Å²) < 4.78 is 0. The summed E-state index contributed by atoms with van der Waals surface area (Å²) in [6.07, 6.45) is 3.28. The predicted octanol–water partition coefficient (Wildman–Crippen LogP) is 0.834. The first-order valence-corrected chi connectivity index (χ1v) is 8.35. The van der Waals surface area contributed by atoms with Crippen molar-refractivity contribution in [2.24, 2.45) is 5.73 Å². The molecule has 1 unspecified atom stereocenters. The van der Waals surface area contributed by atoms with Crippen LogP contribution in [0.2, 0.25) is 0 Å². The Morgan fingerprint density at radius 2 is 2.17 bits per heavy atom. The number of likely N-dealkylation sites (N-methyl/N-ethyl adjacent to an activating group) is 1. The van der Waals surface area contributed by atoms with Crippen molar-refractivity contribution in [3.63, 3.8) is 0 Å². The van der Waals surface area contributed by atoms with E-state index in [0.717, 1.165) is 24.9 Å². The molecular weight excluding hydrogens is 306 g/mol. The van der Waals surface area contributed by atoms with Crippen molar-refractivity contribution >= 4 is 17.8 Å². The van der Waals surface area contributed by atoms with E-state index in [2.05, 4.69) is 9.88 Å². The molecule has 0 bridgehead atoms. The van der Waals surface area contributed by atoms with Crippen molar-refractivity contribution < 1.29 is 9.59 Å². The number of hydrogen-bond donors (Lipinski definition) is 1. The van der Waals surface area contributed by atoms with Crippen LogP contribution in [0, 0.1) is 0 Å². The Morgan fingerprint density at radius 1 is 1.42 bits per heavy atom. The van der Waals surface area contributed by atoms with Gasteiger partial charge in [-0.05, 0) is 45.4 Å². The lowest BCUT2D eigenvalue weighted by molar-refractivity contribution is -0.147. The first-order chi connectivity index (χ1) is 11.3. The molecule has 0 saturated carbocycles. The zero-order chi connectivity index (χ0) is 17.5. The summed E-state index contributed by atoms with van der Waals surface area (Å²) in [7, 11) is 1.96. The van der Waals surface area contributed by atoms with E-state index in [-0.39, 0.29) is 11.9 Å². The fraction of sp³-hybridized carbons (Fsp3) is 0.588. The third kappa shape index (κ3) is 2.73. The summed E-state index contributed by atoms with van der Waals surface area (Å²) in [5, 5.41) is 0. The number of hydrogen-bond acceptors (Lipinski definition) is 4. The summed E-state index contributed by atoms with van der Waals surface area (Å²) in [6.45, 7) is 5.85. The van der Waals surface area contributed by atoms with Gasteiger partial charge in [0.25, 0.3) is 0 Å².